The van der Waals surface area contributed by atoms with Gasteiger partial charge < -0.3 is 10.2 Å². The van der Waals surface area contributed by atoms with E-state index in [1.807, 2.05) is 13.0 Å². The number of carbonyl (C=O) groups is 1. The lowest BCUT2D eigenvalue weighted by atomic mass is 10.1. The molecule has 1 aliphatic rings. The summed E-state index contributed by atoms with van der Waals surface area (Å²) in [4.78, 5) is 23.4. The molecule has 0 bridgehead atoms. The fourth-order valence-corrected chi connectivity index (χ4v) is 3.01. The van der Waals surface area contributed by atoms with E-state index in [1.165, 1.54) is 12.5 Å². The highest BCUT2D eigenvalue weighted by atomic mass is 19.1. The second kappa shape index (κ2) is 8.05. The monoisotopic (exact) mass is 342 g/mol. The topological polar surface area (TPSA) is 58.1 Å². The Labute approximate surface area is 147 Å². The molecule has 1 aromatic heterocycles. The molecule has 0 radical (unpaired) electrons. The van der Waals surface area contributed by atoms with E-state index in [9.17, 15) is 9.18 Å². The first-order valence-electron chi connectivity index (χ1n) is 8.71. The molecule has 1 aliphatic heterocycles. The minimum Gasteiger partial charge on any atom is -0.350 e. The Balaban J connectivity index is 1.61. The first kappa shape index (κ1) is 17.3. The molecule has 1 N–H and O–H groups in total. The molecule has 0 aliphatic carbocycles. The molecule has 6 heteroatoms. The largest absolute Gasteiger partial charge is 0.350 e. The predicted octanol–water partition coefficient (Wildman–Crippen LogP) is 2.77. The van der Waals surface area contributed by atoms with Gasteiger partial charge in [-0.25, -0.2) is 14.4 Å². The number of halogens is 1. The SMILES string of the molecule is Cc1cc(CNC(=O)Cc2ccccc2F)nc(N2CCCCC2)n1. The number of hydrogen-bond acceptors (Lipinski definition) is 4. The van der Waals surface area contributed by atoms with Crippen LogP contribution in [-0.2, 0) is 17.8 Å². The molecule has 0 atom stereocenters. The lowest BCUT2D eigenvalue weighted by Gasteiger charge is -2.27. The Morgan fingerprint density at radius 3 is 2.72 bits per heavy atom. The van der Waals surface area contributed by atoms with Gasteiger partial charge in [-0.3, -0.25) is 4.79 Å². The van der Waals surface area contributed by atoms with Crippen molar-refractivity contribution in [3.05, 3.63) is 53.1 Å². The highest BCUT2D eigenvalue weighted by Gasteiger charge is 2.15. The highest BCUT2D eigenvalue weighted by molar-refractivity contribution is 5.78. The second-order valence-corrected chi connectivity index (χ2v) is 6.39. The summed E-state index contributed by atoms with van der Waals surface area (Å²) in [6.45, 7) is 4.20. The molecule has 132 valence electrons. The summed E-state index contributed by atoms with van der Waals surface area (Å²) in [5, 5.41) is 2.82. The fraction of sp³-hybridized carbons (Fsp3) is 0.421. The van der Waals surface area contributed by atoms with Crippen LogP contribution >= 0.6 is 0 Å². The number of nitrogens with zero attached hydrogens (tertiary/aromatic N) is 3. The average Bonchev–Trinajstić information content (AvgIpc) is 2.62. The summed E-state index contributed by atoms with van der Waals surface area (Å²) in [7, 11) is 0. The van der Waals surface area contributed by atoms with Crippen molar-refractivity contribution in [3.8, 4) is 0 Å². The number of hydrogen-bond donors (Lipinski definition) is 1. The predicted molar refractivity (Wildman–Crippen MR) is 94.8 cm³/mol. The lowest BCUT2D eigenvalue weighted by Crippen LogP contribution is -2.32. The van der Waals surface area contributed by atoms with E-state index < -0.39 is 0 Å². The Hall–Kier alpha value is -2.50. The number of nitrogens with one attached hydrogen (secondary N) is 1. The number of rotatable bonds is 5. The van der Waals surface area contributed by atoms with Crippen LogP contribution in [0.4, 0.5) is 10.3 Å². The molecule has 0 spiro atoms. The zero-order valence-electron chi connectivity index (χ0n) is 14.5. The minimum absolute atomic E-state index is 0.0235. The van der Waals surface area contributed by atoms with E-state index in [2.05, 4.69) is 20.2 Å². The number of aromatic nitrogens is 2. The van der Waals surface area contributed by atoms with Crippen LogP contribution in [0.1, 0.15) is 36.2 Å². The number of aryl methyl sites for hydroxylation is 1. The van der Waals surface area contributed by atoms with Crippen LogP contribution in [0.5, 0.6) is 0 Å². The first-order chi connectivity index (χ1) is 12.1. The van der Waals surface area contributed by atoms with Gasteiger partial charge in [0.25, 0.3) is 0 Å². The van der Waals surface area contributed by atoms with Gasteiger partial charge in [0.2, 0.25) is 11.9 Å². The summed E-state index contributed by atoms with van der Waals surface area (Å²) >= 11 is 0. The van der Waals surface area contributed by atoms with Crippen LogP contribution in [0.2, 0.25) is 0 Å². The standard InChI is InChI=1S/C19H23FN4O/c1-14-11-16(23-19(22-14)24-9-5-2-6-10-24)13-21-18(25)12-15-7-3-4-8-17(15)20/h3-4,7-8,11H,2,5-6,9-10,12-13H2,1H3,(H,21,25). The quantitative estimate of drug-likeness (QED) is 0.908. The van der Waals surface area contributed by atoms with Crippen LogP contribution in [-0.4, -0.2) is 29.0 Å². The van der Waals surface area contributed by atoms with Gasteiger partial charge in [0, 0.05) is 18.8 Å². The van der Waals surface area contributed by atoms with E-state index in [4.69, 9.17) is 0 Å². The Bertz CT molecular complexity index is 744. The van der Waals surface area contributed by atoms with Crippen LogP contribution in [0.3, 0.4) is 0 Å². The smallest absolute Gasteiger partial charge is 0.225 e. The summed E-state index contributed by atoms with van der Waals surface area (Å²) in [5.41, 5.74) is 2.05. The van der Waals surface area contributed by atoms with E-state index in [0.717, 1.165) is 43.3 Å². The van der Waals surface area contributed by atoms with Crippen LogP contribution < -0.4 is 10.2 Å². The first-order valence-corrected chi connectivity index (χ1v) is 8.71. The van der Waals surface area contributed by atoms with Crippen molar-refractivity contribution in [1.29, 1.82) is 0 Å². The fourth-order valence-electron chi connectivity index (χ4n) is 3.01. The maximum atomic E-state index is 13.6. The van der Waals surface area contributed by atoms with Gasteiger partial charge >= 0.3 is 0 Å². The molecule has 5 nitrogen and oxygen atoms in total. The van der Waals surface area contributed by atoms with Crippen molar-refractivity contribution < 1.29 is 9.18 Å². The zero-order chi connectivity index (χ0) is 17.6. The molecule has 1 fully saturated rings. The van der Waals surface area contributed by atoms with Crippen LogP contribution in [0.25, 0.3) is 0 Å². The lowest BCUT2D eigenvalue weighted by molar-refractivity contribution is -0.120. The third-order valence-electron chi connectivity index (χ3n) is 4.31. The maximum Gasteiger partial charge on any atom is 0.225 e. The molecule has 2 heterocycles. The molecule has 3 rings (SSSR count). The Kier molecular flexibility index (Phi) is 5.58. The Morgan fingerprint density at radius 2 is 1.96 bits per heavy atom. The average molecular weight is 342 g/mol. The van der Waals surface area contributed by atoms with Crippen molar-refractivity contribution in [1.82, 2.24) is 15.3 Å². The number of anilines is 1. The van der Waals surface area contributed by atoms with Crippen LogP contribution in [0, 0.1) is 12.7 Å². The van der Waals surface area contributed by atoms with Crippen molar-refractivity contribution in [2.24, 2.45) is 0 Å². The molecule has 2 aromatic rings. The van der Waals surface area contributed by atoms with E-state index in [1.54, 1.807) is 18.2 Å². The molecule has 0 unspecified atom stereocenters. The van der Waals surface area contributed by atoms with E-state index in [-0.39, 0.29) is 18.1 Å². The Morgan fingerprint density at radius 1 is 1.20 bits per heavy atom. The molecule has 25 heavy (non-hydrogen) atoms. The highest BCUT2D eigenvalue weighted by Crippen LogP contribution is 2.16. The van der Waals surface area contributed by atoms with E-state index >= 15 is 0 Å². The number of piperidine rings is 1. The summed E-state index contributed by atoms with van der Waals surface area (Å²) in [6.07, 6.45) is 3.59. The number of benzene rings is 1. The zero-order valence-corrected chi connectivity index (χ0v) is 14.5. The van der Waals surface area contributed by atoms with Gasteiger partial charge in [0.05, 0.1) is 18.7 Å². The summed E-state index contributed by atoms with van der Waals surface area (Å²) in [5.74, 6) is 0.154. The van der Waals surface area contributed by atoms with Crippen LogP contribution in [0.15, 0.2) is 30.3 Å². The minimum atomic E-state index is -0.358. The maximum absolute atomic E-state index is 13.6. The van der Waals surface area contributed by atoms with Gasteiger partial charge in [0.15, 0.2) is 0 Å². The van der Waals surface area contributed by atoms with Crippen molar-refractivity contribution in [2.45, 2.75) is 39.2 Å². The van der Waals surface area contributed by atoms with Crippen molar-refractivity contribution in [2.75, 3.05) is 18.0 Å². The summed E-state index contributed by atoms with van der Waals surface area (Å²) < 4.78 is 13.6. The third kappa shape index (κ3) is 4.75. The van der Waals surface area contributed by atoms with Crippen molar-refractivity contribution >= 4 is 11.9 Å². The molecule has 1 amide bonds. The second-order valence-electron chi connectivity index (χ2n) is 6.39. The van der Waals surface area contributed by atoms with Crippen molar-refractivity contribution in [3.63, 3.8) is 0 Å². The molecular weight excluding hydrogens is 319 g/mol. The van der Waals surface area contributed by atoms with Gasteiger partial charge in [-0.1, -0.05) is 18.2 Å². The molecular formula is C19H23FN4O. The van der Waals surface area contributed by atoms with Gasteiger partial charge in [-0.15, -0.1) is 0 Å². The van der Waals surface area contributed by atoms with E-state index in [0.29, 0.717) is 12.1 Å². The van der Waals surface area contributed by atoms with Gasteiger partial charge in [0.1, 0.15) is 5.82 Å². The molecule has 1 aromatic carbocycles. The number of carbonyl (C=O) groups excluding carboxylic acids is 1. The molecule has 1 saturated heterocycles. The van der Waals surface area contributed by atoms with Gasteiger partial charge in [-0.05, 0) is 43.9 Å². The number of amides is 1. The summed E-state index contributed by atoms with van der Waals surface area (Å²) in [6, 6.07) is 8.20. The molecule has 0 saturated carbocycles. The third-order valence-corrected chi connectivity index (χ3v) is 4.31. The normalized spacial score (nSPS) is 14.4. The van der Waals surface area contributed by atoms with Gasteiger partial charge in [-0.2, -0.15) is 0 Å².